The maximum absolute atomic E-state index is 11.0. The molecule has 1 unspecified atom stereocenters. The summed E-state index contributed by atoms with van der Waals surface area (Å²) in [5.74, 6) is -1.37. The van der Waals surface area contributed by atoms with Crippen LogP contribution in [0.5, 0.6) is 0 Å². The third-order valence-electron chi connectivity index (χ3n) is 1.61. The van der Waals surface area contributed by atoms with E-state index >= 15 is 0 Å². The Morgan fingerprint density at radius 3 is 2.92 bits per heavy atom. The zero-order chi connectivity index (χ0) is 8.97. The second kappa shape index (κ2) is 4.11. The minimum absolute atomic E-state index is 0.0481. The van der Waals surface area contributed by atoms with Crippen LogP contribution in [-0.4, -0.2) is 26.2 Å². The molecule has 0 amide bonds. The highest BCUT2D eigenvalue weighted by Crippen LogP contribution is 2.13. The van der Waals surface area contributed by atoms with Gasteiger partial charge in [0.25, 0.3) is 11.9 Å². The van der Waals surface area contributed by atoms with Crippen LogP contribution in [0.2, 0.25) is 0 Å². The molecule has 1 aliphatic heterocycles. The lowest BCUT2D eigenvalue weighted by Gasteiger charge is -2.07. The molecular weight excluding hydrogens is 161 g/mol. The maximum atomic E-state index is 11.0. The molecule has 65 valence electrons. The normalized spacial score (nSPS) is 23.6. The first-order valence-electron chi connectivity index (χ1n) is 3.65. The van der Waals surface area contributed by atoms with Gasteiger partial charge in [-0.25, -0.2) is 0 Å². The summed E-state index contributed by atoms with van der Waals surface area (Å²) in [5, 5.41) is 0. The molecule has 1 fully saturated rings. The lowest BCUT2D eigenvalue weighted by Crippen LogP contribution is -2.20. The molecule has 2 N–H and O–H groups in total. The minimum Gasteiger partial charge on any atom is -0.500 e. The van der Waals surface area contributed by atoms with E-state index in [0.29, 0.717) is 13.0 Å². The first kappa shape index (κ1) is 9.06. The van der Waals surface area contributed by atoms with E-state index in [9.17, 15) is 9.59 Å². The molecule has 12 heavy (non-hydrogen) atoms. The summed E-state index contributed by atoms with van der Waals surface area (Å²) in [6.45, 7) is 0.354. The Kier molecular flexibility index (Phi) is 3.10. The molecular formula is C6H9BNO4. The molecule has 0 bridgehead atoms. The summed E-state index contributed by atoms with van der Waals surface area (Å²) in [4.78, 5) is 21.8. The van der Waals surface area contributed by atoms with Crippen LogP contribution in [0.4, 0.5) is 0 Å². The van der Waals surface area contributed by atoms with Gasteiger partial charge in [0.2, 0.25) is 0 Å². The SMILES string of the molecule is NCCC1CC(=O)O[B]OC1=O. The highest BCUT2D eigenvalue weighted by atomic mass is 16.6. The molecule has 5 nitrogen and oxygen atoms in total. The lowest BCUT2D eigenvalue weighted by atomic mass is 10.0. The number of nitrogens with two attached hydrogens (primary N) is 1. The van der Waals surface area contributed by atoms with Crippen LogP contribution >= 0.6 is 0 Å². The Morgan fingerprint density at radius 2 is 2.25 bits per heavy atom. The van der Waals surface area contributed by atoms with E-state index in [0.717, 1.165) is 7.69 Å². The van der Waals surface area contributed by atoms with Gasteiger partial charge in [-0.1, -0.05) is 0 Å². The second-order valence-corrected chi connectivity index (χ2v) is 2.50. The van der Waals surface area contributed by atoms with Crippen molar-refractivity contribution in [3.8, 4) is 0 Å². The zero-order valence-corrected chi connectivity index (χ0v) is 6.49. The van der Waals surface area contributed by atoms with Crippen LogP contribution in [0.1, 0.15) is 12.8 Å². The Bertz CT molecular complexity index is 196. The zero-order valence-electron chi connectivity index (χ0n) is 6.49. The Labute approximate surface area is 70.5 Å². The number of hydrogen-bond donors (Lipinski definition) is 1. The Balaban J connectivity index is 2.54. The van der Waals surface area contributed by atoms with Crippen LogP contribution < -0.4 is 5.73 Å². The third kappa shape index (κ3) is 2.23. The fourth-order valence-electron chi connectivity index (χ4n) is 0.975. The van der Waals surface area contributed by atoms with Gasteiger partial charge in [0.05, 0.1) is 12.3 Å². The van der Waals surface area contributed by atoms with E-state index in [1.165, 1.54) is 0 Å². The van der Waals surface area contributed by atoms with Crippen molar-refractivity contribution in [3.05, 3.63) is 0 Å². The van der Waals surface area contributed by atoms with Crippen molar-refractivity contribution in [1.29, 1.82) is 0 Å². The van der Waals surface area contributed by atoms with E-state index in [4.69, 9.17) is 5.73 Å². The van der Waals surface area contributed by atoms with Gasteiger partial charge in [-0.3, -0.25) is 9.59 Å². The summed E-state index contributed by atoms with van der Waals surface area (Å²) >= 11 is 0. The number of carbonyl (C=O) groups is 2. The average Bonchev–Trinajstić information content (AvgIpc) is 2.16. The van der Waals surface area contributed by atoms with Crippen LogP contribution in [0, 0.1) is 5.92 Å². The Hall–Kier alpha value is -1.04. The van der Waals surface area contributed by atoms with Crippen molar-refractivity contribution in [2.24, 2.45) is 11.7 Å². The molecule has 0 aromatic carbocycles. The monoisotopic (exact) mass is 170 g/mol. The number of carbonyl (C=O) groups excluding carboxylic acids is 2. The highest BCUT2D eigenvalue weighted by molar-refractivity contribution is 6.27. The van der Waals surface area contributed by atoms with Crippen molar-refractivity contribution in [2.75, 3.05) is 6.54 Å². The first-order chi connectivity index (χ1) is 5.74. The quantitative estimate of drug-likeness (QED) is 0.536. The topological polar surface area (TPSA) is 78.6 Å². The van der Waals surface area contributed by atoms with Crippen molar-refractivity contribution in [3.63, 3.8) is 0 Å². The molecule has 1 heterocycles. The molecule has 0 aromatic heterocycles. The average molecular weight is 170 g/mol. The van der Waals surface area contributed by atoms with Crippen LogP contribution in [-0.2, 0) is 18.9 Å². The molecule has 1 radical (unpaired) electrons. The standard InChI is InChI=1S/C6H9BNO4/c8-2-1-4-3-5(9)11-7-12-6(4)10/h4H,1-3,8H2. The van der Waals surface area contributed by atoms with Crippen LogP contribution in [0.15, 0.2) is 0 Å². The number of rotatable bonds is 2. The summed E-state index contributed by atoms with van der Waals surface area (Å²) < 4.78 is 8.88. The molecule has 0 aromatic rings. The van der Waals surface area contributed by atoms with Gasteiger partial charge >= 0.3 is 7.69 Å². The highest BCUT2D eigenvalue weighted by Gasteiger charge is 2.28. The molecule has 0 aliphatic carbocycles. The second-order valence-electron chi connectivity index (χ2n) is 2.50. The molecule has 1 rings (SSSR count). The molecule has 1 saturated heterocycles. The summed E-state index contributed by atoms with van der Waals surface area (Å²) in [6.07, 6.45) is 0.494. The van der Waals surface area contributed by atoms with Gasteiger partial charge in [0.1, 0.15) is 0 Å². The van der Waals surface area contributed by atoms with Gasteiger partial charge < -0.3 is 15.0 Å². The number of hydrogen-bond acceptors (Lipinski definition) is 5. The fraction of sp³-hybridized carbons (Fsp3) is 0.667. The van der Waals surface area contributed by atoms with Gasteiger partial charge in [-0.15, -0.1) is 0 Å². The van der Waals surface area contributed by atoms with E-state index in [2.05, 4.69) is 9.31 Å². The van der Waals surface area contributed by atoms with Crippen LogP contribution in [0.25, 0.3) is 0 Å². The van der Waals surface area contributed by atoms with Gasteiger partial charge in [-0.2, -0.15) is 0 Å². The molecule has 0 saturated carbocycles. The minimum atomic E-state index is -0.459. The third-order valence-corrected chi connectivity index (χ3v) is 1.61. The predicted octanol–water partition coefficient (Wildman–Crippen LogP) is -1.02. The summed E-state index contributed by atoms with van der Waals surface area (Å²) in [6, 6.07) is 0. The van der Waals surface area contributed by atoms with Gasteiger partial charge in [-0.05, 0) is 13.0 Å². The van der Waals surface area contributed by atoms with E-state index in [1.807, 2.05) is 0 Å². The van der Waals surface area contributed by atoms with E-state index < -0.39 is 17.9 Å². The van der Waals surface area contributed by atoms with Gasteiger partial charge in [0, 0.05) is 0 Å². The van der Waals surface area contributed by atoms with Crippen molar-refractivity contribution in [2.45, 2.75) is 12.8 Å². The smallest absolute Gasteiger partial charge is 0.500 e. The predicted molar refractivity (Wildman–Crippen MR) is 39.7 cm³/mol. The first-order valence-corrected chi connectivity index (χ1v) is 3.65. The molecule has 1 aliphatic rings. The van der Waals surface area contributed by atoms with Crippen molar-refractivity contribution >= 4 is 19.6 Å². The van der Waals surface area contributed by atoms with E-state index in [1.54, 1.807) is 0 Å². The molecule has 1 atom stereocenters. The lowest BCUT2D eigenvalue weighted by molar-refractivity contribution is -0.140. The largest absolute Gasteiger partial charge is 0.662 e. The van der Waals surface area contributed by atoms with E-state index in [-0.39, 0.29) is 6.42 Å². The fourth-order valence-corrected chi connectivity index (χ4v) is 0.975. The summed E-state index contributed by atoms with van der Waals surface area (Å²) in [5.41, 5.74) is 5.25. The van der Waals surface area contributed by atoms with Crippen molar-refractivity contribution in [1.82, 2.24) is 0 Å². The molecule has 0 spiro atoms. The van der Waals surface area contributed by atoms with Crippen molar-refractivity contribution < 1.29 is 18.9 Å². The van der Waals surface area contributed by atoms with Crippen LogP contribution in [0.3, 0.4) is 0 Å². The maximum Gasteiger partial charge on any atom is 0.662 e. The molecule has 6 heteroatoms. The summed E-state index contributed by atoms with van der Waals surface area (Å²) in [7, 11) is 0.765. The van der Waals surface area contributed by atoms with Gasteiger partial charge in [0.15, 0.2) is 0 Å². The Morgan fingerprint density at radius 1 is 1.50 bits per heavy atom.